The fourth-order valence-electron chi connectivity index (χ4n) is 2.85. The summed E-state index contributed by atoms with van der Waals surface area (Å²) in [5.74, 6) is 0.877. The van der Waals surface area contributed by atoms with Crippen LogP contribution in [0.2, 0.25) is 0 Å². The second-order valence-corrected chi connectivity index (χ2v) is 4.97. The Labute approximate surface area is 96.8 Å². The summed E-state index contributed by atoms with van der Waals surface area (Å²) in [4.78, 5) is 4.38. The minimum Gasteiger partial charge on any atom is -0.313 e. The Balaban J connectivity index is 1.83. The van der Waals surface area contributed by atoms with E-state index in [0.29, 0.717) is 6.04 Å². The molecule has 0 bridgehead atoms. The number of nitrogens with zero attached hydrogens (tertiary/aromatic N) is 1. The van der Waals surface area contributed by atoms with Crippen LogP contribution >= 0.6 is 0 Å². The van der Waals surface area contributed by atoms with E-state index in [2.05, 4.69) is 28.5 Å². The molecule has 1 saturated heterocycles. The summed E-state index contributed by atoms with van der Waals surface area (Å²) in [6.07, 6.45) is 8.19. The summed E-state index contributed by atoms with van der Waals surface area (Å²) >= 11 is 0. The third-order valence-electron chi connectivity index (χ3n) is 3.88. The zero-order valence-electron chi connectivity index (χ0n) is 9.74. The van der Waals surface area contributed by atoms with Crippen molar-refractivity contribution < 1.29 is 0 Å². The molecular formula is C14H18N2. The molecule has 3 rings (SSSR count). The van der Waals surface area contributed by atoms with Gasteiger partial charge in [0.15, 0.2) is 0 Å². The molecule has 1 N–H and O–H groups in total. The lowest BCUT2D eigenvalue weighted by atomic mass is 9.84. The number of fused-ring (bicyclic) bond motifs is 1. The number of hydrogen-bond acceptors (Lipinski definition) is 2. The molecule has 0 aromatic carbocycles. The molecule has 1 fully saturated rings. The number of pyridine rings is 1. The van der Waals surface area contributed by atoms with E-state index < -0.39 is 0 Å². The first kappa shape index (κ1) is 10.0. The molecule has 2 aliphatic rings. The summed E-state index contributed by atoms with van der Waals surface area (Å²) in [6.45, 7) is 3.23. The Bertz CT molecular complexity index is 405. The summed E-state index contributed by atoms with van der Waals surface area (Å²) in [7, 11) is 0. The van der Waals surface area contributed by atoms with Gasteiger partial charge in [-0.1, -0.05) is 12.1 Å². The van der Waals surface area contributed by atoms with E-state index in [1.807, 2.05) is 13.1 Å². The first-order valence-electron chi connectivity index (χ1n) is 6.18. The number of aryl methyl sites for hydroxylation is 1. The van der Waals surface area contributed by atoms with Gasteiger partial charge in [0.25, 0.3) is 0 Å². The zero-order chi connectivity index (χ0) is 11.0. The van der Waals surface area contributed by atoms with Gasteiger partial charge in [-0.3, -0.25) is 4.98 Å². The van der Waals surface area contributed by atoms with Crippen LogP contribution < -0.4 is 5.32 Å². The van der Waals surface area contributed by atoms with Gasteiger partial charge in [0.2, 0.25) is 0 Å². The van der Waals surface area contributed by atoms with Crippen molar-refractivity contribution in [2.45, 2.75) is 32.2 Å². The molecule has 2 heteroatoms. The van der Waals surface area contributed by atoms with Crippen LogP contribution in [0.25, 0.3) is 5.57 Å². The van der Waals surface area contributed by atoms with E-state index in [9.17, 15) is 0 Å². The minimum absolute atomic E-state index is 0.710. The highest BCUT2D eigenvalue weighted by Gasteiger charge is 2.29. The summed E-state index contributed by atoms with van der Waals surface area (Å²) < 4.78 is 0. The third-order valence-corrected chi connectivity index (χ3v) is 3.88. The summed E-state index contributed by atoms with van der Waals surface area (Å²) in [6, 6.07) is 5.01. The van der Waals surface area contributed by atoms with Crippen LogP contribution in [0.5, 0.6) is 0 Å². The second-order valence-electron chi connectivity index (χ2n) is 4.97. The molecule has 1 aromatic rings. The third kappa shape index (κ3) is 1.78. The first-order valence-corrected chi connectivity index (χ1v) is 6.18. The molecule has 0 saturated carbocycles. The van der Waals surface area contributed by atoms with Crippen LogP contribution in [0.1, 0.15) is 30.5 Å². The first-order chi connectivity index (χ1) is 7.83. The van der Waals surface area contributed by atoms with Crippen molar-refractivity contribution in [3.05, 3.63) is 35.7 Å². The Kier molecular flexibility index (Phi) is 2.52. The smallest absolute Gasteiger partial charge is 0.0373 e. The molecule has 2 heterocycles. The second kappa shape index (κ2) is 4.02. The number of rotatable bonds is 1. The van der Waals surface area contributed by atoms with Gasteiger partial charge in [-0.05, 0) is 55.9 Å². The highest BCUT2D eigenvalue weighted by atomic mass is 15.0. The lowest BCUT2D eigenvalue weighted by molar-refractivity contribution is 0.445. The maximum Gasteiger partial charge on any atom is 0.0373 e. The number of allylic oxidation sites excluding steroid dienone is 1. The average molecular weight is 214 g/mol. The lowest BCUT2D eigenvalue weighted by Gasteiger charge is -2.25. The predicted octanol–water partition coefficient (Wildman–Crippen LogP) is 2.55. The van der Waals surface area contributed by atoms with Gasteiger partial charge >= 0.3 is 0 Å². The van der Waals surface area contributed by atoms with E-state index in [4.69, 9.17) is 0 Å². The SMILES string of the molecule is Cc1ccc(C2=CC[C@@H]3CCN[C@@H]3C2)cn1. The van der Waals surface area contributed by atoms with Gasteiger partial charge in [0, 0.05) is 17.9 Å². The van der Waals surface area contributed by atoms with E-state index in [1.165, 1.54) is 36.9 Å². The molecule has 2 nitrogen and oxygen atoms in total. The molecule has 0 radical (unpaired) electrons. The van der Waals surface area contributed by atoms with Crippen molar-refractivity contribution >= 4 is 5.57 Å². The molecule has 1 aliphatic carbocycles. The van der Waals surface area contributed by atoms with Crippen molar-refractivity contribution in [2.24, 2.45) is 5.92 Å². The highest BCUT2D eigenvalue weighted by Crippen LogP contribution is 2.34. The normalized spacial score (nSPS) is 28.7. The minimum atomic E-state index is 0.710. The standard InChI is InChI=1S/C14H18N2/c1-10-2-3-13(9-16-10)12-5-4-11-6-7-15-14(11)8-12/h2-3,5,9,11,14-15H,4,6-8H2,1H3/t11-,14-/m1/s1. The summed E-state index contributed by atoms with van der Waals surface area (Å²) in [5, 5.41) is 3.61. The number of aromatic nitrogens is 1. The Morgan fingerprint density at radius 2 is 2.31 bits per heavy atom. The highest BCUT2D eigenvalue weighted by molar-refractivity contribution is 5.66. The van der Waals surface area contributed by atoms with Crippen LogP contribution in [0, 0.1) is 12.8 Å². The molecule has 84 valence electrons. The molecule has 16 heavy (non-hydrogen) atoms. The van der Waals surface area contributed by atoms with Crippen molar-refractivity contribution in [3.8, 4) is 0 Å². The van der Waals surface area contributed by atoms with Crippen LogP contribution in [0.15, 0.2) is 24.4 Å². The Hall–Kier alpha value is -1.15. The summed E-state index contributed by atoms with van der Waals surface area (Å²) in [5.41, 5.74) is 3.87. The van der Waals surface area contributed by atoms with Gasteiger partial charge in [0.1, 0.15) is 0 Å². The number of hydrogen-bond donors (Lipinski definition) is 1. The van der Waals surface area contributed by atoms with Crippen LogP contribution in [0.4, 0.5) is 0 Å². The fourth-order valence-corrected chi connectivity index (χ4v) is 2.85. The Morgan fingerprint density at radius 3 is 3.12 bits per heavy atom. The maximum atomic E-state index is 4.38. The van der Waals surface area contributed by atoms with Crippen molar-refractivity contribution in [1.29, 1.82) is 0 Å². The van der Waals surface area contributed by atoms with Gasteiger partial charge in [-0.15, -0.1) is 0 Å². The fraction of sp³-hybridized carbons (Fsp3) is 0.500. The molecule has 1 aromatic heterocycles. The van der Waals surface area contributed by atoms with Gasteiger partial charge in [-0.25, -0.2) is 0 Å². The lowest BCUT2D eigenvalue weighted by Crippen LogP contribution is -2.29. The largest absolute Gasteiger partial charge is 0.313 e. The van der Waals surface area contributed by atoms with Crippen LogP contribution in [0.3, 0.4) is 0 Å². The Morgan fingerprint density at radius 1 is 1.38 bits per heavy atom. The van der Waals surface area contributed by atoms with Crippen molar-refractivity contribution in [3.63, 3.8) is 0 Å². The monoisotopic (exact) mass is 214 g/mol. The quantitative estimate of drug-likeness (QED) is 0.777. The predicted molar refractivity (Wildman–Crippen MR) is 66.1 cm³/mol. The average Bonchev–Trinajstić information content (AvgIpc) is 2.77. The van der Waals surface area contributed by atoms with Crippen LogP contribution in [-0.2, 0) is 0 Å². The van der Waals surface area contributed by atoms with Gasteiger partial charge in [-0.2, -0.15) is 0 Å². The van der Waals surface area contributed by atoms with Gasteiger partial charge in [0.05, 0.1) is 0 Å². The van der Waals surface area contributed by atoms with E-state index >= 15 is 0 Å². The van der Waals surface area contributed by atoms with E-state index in [0.717, 1.165) is 11.6 Å². The number of nitrogens with one attached hydrogen (secondary N) is 1. The maximum absolute atomic E-state index is 4.38. The molecule has 0 unspecified atom stereocenters. The molecule has 0 amide bonds. The molecule has 1 aliphatic heterocycles. The van der Waals surface area contributed by atoms with E-state index in [1.54, 1.807) is 0 Å². The zero-order valence-corrected chi connectivity index (χ0v) is 9.74. The van der Waals surface area contributed by atoms with Crippen molar-refractivity contribution in [1.82, 2.24) is 10.3 Å². The van der Waals surface area contributed by atoms with E-state index in [-0.39, 0.29) is 0 Å². The van der Waals surface area contributed by atoms with Gasteiger partial charge < -0.3 is 5.32 Å². The van der Waals surface area contributed by atoms with Crippen molar-refractivity contribution in [2.75, 3.05) is 6.54 Å². The molecule has 2 atom stereocenters. The molecular weight excluding hydrogens is 196 g/mol. The topological polar surface area (TPSA) is 24.9 Å². The van der Waals surface area contributed by atoms with Crippen LogP contribution in [-0.4, -0.2) is 17.6 Å². The molecule has 0 spiro atoms.